The predicted molar refractivity (Wildman–Crippen MR) is 87.4 cm³/mol. The summed E-state index contributed by atoms with van der Waals surface area (Å²) >= 11 is 0. The highest BCUT2D eigenvalue weighted by Crippen LogP contribution is 2.40. The quantitative estimate of drug-likeness (QED) is 0.872. The van der Waals surface area contributed by atoms with Crippen LogP contribution in [0.4, 0.5) is 0 Å². The van der Waals surface area contributed by atoms with E-state index in [4.69, 9.17) is 10.00 Å². The van der Waals surface area contributed by atoms with E-state index in [-0.39, 0.29) is 18.1 Å². The van der Waals surface area contributed by atoms with Gasteiger partial charge in [0, 0.05) is 36.7 Å². The Morgan fingerprint density at radius 2 is 2.21 bits per heavy atom. The normalized spacial score (nSPS) is 24.6. The number of amides is 1. The van der Waals surface area contributed by atoms with Crippen LogP contribution >= 0.6 is 0 Å². The first-order valence-corrected chi connectivity index (χ1v) is 8.12. The summed E-state index contributed by atoms with van der Waals surface area (Å²) < 4.78 is 6.04. The third-order valence-corrected chi connectivity index (χ3v) is 4.90. The average molecular weight is 319 g/mol. The molecule has 2 heterocycles. The van der Waals surface area contributed by atoms with Crippen molar-refractivity contribution < 1.29 is 9.53 Å². The van der Waals surface area contributed by atoms with Crippen LogP contribution < -0.4 is 4.74 Å². The zero-order valence-corrected chi connectivity index (χ0v) is 13.1. The summed E-state index contributed by atoms with van der Waals surface area (Å²) in [7, 11) is 0. The number of nitriles is 1. The van der Waals surface area contributed by atoms with Gasteiger partial charge in [0.25, 0.3) is 5.91 Å². The molecule has 2 unspecified atom stereocenters. The highest BCUT2D eigenvalue weighted by molar-refractivity contribution is 5.95. The molecule has 3 atom stereocenters. The molecule has 2 aliphatic rings. The molecule has 5 heteroatoms. The molecule has 2 bridgehead atoms. The number of fused-ring (bicyclic) bond motifs is 2. The lowest BCUT2D eigenvalue weighted by Crippen LogP contribution is -2.43. The Balaban J connectivity index is 1.44. The summed E-state index contributed by atoms with van der Waals surface area (Å²) in [6.07, 6.45) is 5.43. The molecule has 1 saturated carbocycles. The highest BCUT2D eigenvalue weighted by atomic mass is 16.5. The summed E-state index contributed by atoms with van der Waals surface area (Å²) in [4.78, 5) is 18.7. The van der Waals surface area contributed by atoms with Gasteiger partial charge in [0.05, 0.1) is 17.8 Å². The van der Waals surface area contributed by atoms with Gasteiger partial charge >= 0.3 is 0 Å². The molecule has 1 aromatic carbocycles. The largest absolute Gasteiger partial charge is 0.488 e. The Kier molecular flexibility index (Phi) is 3.66. The number of carbonyl (C=O) groups excluding carboxylic acids is 1. The molecule has 0 radical (unpaired) electrons. The molecule has 1 aromatic heterocycles. The lowest BCUT2D eigenvalue weighted by Gasteiger charge is -2.31. The Morgan fingerprint density at radius 1 is 1.29 bits per heavy atom. The molecule has 24 heavy (non-hydrogen) atoms. The minimum atomic E-state index is 0.0134. The van der Waals surface area contributed by atoms with Gasteiger partial charge in [-0.25, -0.2) is 0 Å². The molecule has 2 fully saturated rings. The van der Waals surface area contributed by atoms with Crippen LogP contribution in [0.25, 0.3) is 0 Å². The molecule has 2 aromatic rings. The SMILES string of the molecule is N#Cc1cccc(C(=O)N2CC3CC2C[C@@H]3Oc2cccnc2)c1. The van der Waals surface area contributed by atoms with E-state index in [1.54, 1.807) is 36.7 Å². The Bertz CT molecular complexity index is 800. The lowest BCUT2D eigenvalue weighted by atomic mass is 10.0. The fraction of sp³-hybridized carbons (Fsp3) is 0.316. The van der Waals surface area contributed by atoms with Crippen LogP contribution in [0.1, 0.15) is 28.8 Å². The van der Waals surface area contributed by atoms with Crippen molar-refractivity contribution in [3.05, 3.63) is 59.9 Å². The second-order valence-corrected chi connectivity index (χ2v) is 6.38. The van der Waals surface area contributed by atoms with Crippen molar-refractivity contribution in [2.24, 2.45) is 5.92 Å². The van der Waals surface area contributed by atoms with Crippen LogP contribution in [0, 0.1) is 17.2 Å². The standard InChI is InChI=1S/C19H17N3O2/c20-10-13-3-1-4-14(7-13)19(23)22-12-15-8-16(22)9-18(15)24-17-5-2-6-21-11-17/h1-7,11,15-16,18H,8-9,12H2/t15?,16?,18-/m0/s1. The first-order chi connectivity index (χ1) is 11.7. The van der Waals surface area contributed by atoms with E-state index in [0.717, 1.165) is 18.6 Å². The number of piperidine rings is 1. The van der Waals surface area contributed by atoms with E-state index in [1.807, 2.05) is 17.0 Å². The third kappa shape index (κ3) is 2.61. The van der Waals surface area contributed by atoms with Gasteiger partial charge in [0.2, 0.25) is 0 Å². The summed E-state index contributed by atoms with van der Waals surface area (Å²) in [5, 5.41) is 8.99. The van der Waals surface area contributed by atoms with E-state index < -0.39 is 0 Å². The number of hydrogen-bond acceptors (Lipinski definition) is 4. The molecular weight excluding hydrogens is 302 g/mol. The van der Waals surface area contributed by atoms with Crippen LogP contribution in [0.15, 0.2) is 48.8 Å². The molecule has 1 aliphatic carbocycles. The number of hydrogen-bond donors (Lipinski definition) is 0. The van der Waals surface area contributed by atoms with Crippen molar-refractivity contribution in [1.82, 2.24) is 9.88 Å². The lowest BCUT2D eigenvalue weighted by molar-refractivity contribution is 0.0571. The van der Waals surface area contributed by atoms with Gasteiger partial charge < -0.3 is 9.64 Å². The predicted octanol–water partition coefficient (Wildman–Crippen LogP) is 2.64. The Labute approximate surface area is 140 Å². The van der Waals surface area contributed by atoms with Crippen molar-refractivity contribution in [2.45, 2.75) is 25.0 Å². The van der Waals surface area contributed by atoms with Crippen LogP contribution in [0.5, 0.6) is 5.75 Å². The maximum absolute atomic E-state index is 12.7. The third-order valence-electron chi connectivity index (χ3n) is 4.90. The number of pyridine rings is 1. The zero-order valence-electron chi connectivity index (χ0n) is 13.1. The Morgan fingerprint density at radius 3 is 2.92 bits per heavy atom. The molecule has 0 spiro atoms. The highest BCUT2D eigenvalue weighted by Gasteiger charge is 2.47. The number of benzene rings is 1. The number of ether oxygens (including phenoxy) is 1. The van der Waals surface area contributed by atoms with Crippen LogP contribution in [0.3, 0.4) is 0 Å². The molecular formula is C19H17N3O2. The van der Waals surface area contributed by atoms with Gasteiger partial charge in [-0.3, -0.25) is 9.78 Å². The second-order valence-electron chi connectivity index (χ2n) is 6.38. The van der Waals surface area contributed by atoms with Crippen molar-refractivity contribution in [1.29, 1.82) is 5.26 Å². The maximum Gasteiger partial charge on any atom is 0.254 e. The molecule has 1 aliphatic heterocycles. The molecule has 1 saturated heterocycles. The molecule has 120 valence electrons. The van der Waals surface area contributed by atoms with Crippen LogP contribution in [-0.2, 0) is 0 Å². The van der Waals surface area contributed by atoms with Gasteiger partial charge in [0.15, 0.2) is 0 Å². The van der Waals surface area contributed by atoms with Crippen molar-refractivity contribution in [3.8, 4) is 11.8 Å². The van der Waals surface area contributed by atoms with Crippen LogP contribution in [-0.4, -0.2) is 34.5 Å². The van der Waals surface area contributed by atoms with Gasteiger partial charge in [-0.1, -0.05) is 6.07 Å². The molecule has 5 nitrogen and oxygen atoms in total. The summed E-state index contributed by atoms with van der Waals surface area (Å²) in [6, 6.07) is 13.0. The van der Waals surface area contributed by atoms with E-state index in [2.05, 4.69) is 11.1 Å². The fourth-order valence-electron chi connectivity index (χ4n) is 3.78. The van der Waals surface area contributed by atoms with Gasteiger partial charge in [0.1, 0.15) is 11.9 Å². The molecule has 1 amide bonds. The number of rotatable bonds is 3. The number of carbonyl (C=O) groups is 1. The number of nitrogens with zero attached hydrogens (tertiary/aromatic N) is 3. The van der Waals surface area contributed by atoms with Crippen molar-refractivity contribution >= 4 is 5.91 Å². The minimum absolute atomic E-state index is 0.0134. The monoisotopic (exact) mass is 319 g/mol. The maximum atomic E-state index is 12.7. The van der Waals surface area contributed by atoms with Crippen molar-refractivity contribution in [2.75, 3.05) is 6.54 Å². The average Bonchev–Trinajstić information content (AvgIpc) is 3.22. The van der Waals surface area contributed by atoms with Crippen LogP contribution in [0.2, 0.25) is 0 Å². The van der Waals surface area contributed by atoms with Gasteiger partial charge in [-0.05, 0) is 36.8 Å². The smallest absolute Gasteiger partial charge is 0.254 e. The second kappa shape index (κ2) is 5.97. The van der Waals surface area contributed by atoms with Crippen molar-refractivity contribution in [3.63, 3.8) is 0 Å². The van der Waals surface area contributed by atoms with E-state index in [0.29, 0.717) is 23.6 Å². The zero-order chi connectivity index (χ0) is 16.5. The Hall–Kier alpha value is -2.87. The van der Waals surface area contributed by atoms with Gasteiger partial charge in [-0.15, -0.1) is 0 Å². The topological polar surface area (TPSA) is 66.2 Å². The fourth-order valence-corrected chi connectivity index (χ4v) is 3.78. The minimum Gasteiger partial charge on any atom is -0.488 e. The number of aromatic nitrogens is 1. The molecule has 0 N–H and O–H groups in total. The summed E-state index contributed by atoms with van der Waals surface area (Å²) in [6.45, 7) is 0.714. The van der Waals surface area contributed by atoms with E-state index in [1.165, 1.54) is 0 Å². The van der Waals surface area contributed by atoms with E-state index >= 15 is 0 Å². The summed E-state index contributed by atoms with van der Waals surface area (Å²) in [5.41, 5.74) is 1.11. The van der Waals surface area contributed by atoms with Gasteiger partial charge in [-0.2, -0.15) is 5.26 Å². The number of likely N-dealkylation sites (tertiary alicyclic amines) is 1. The van der Waals surface area contributed by atoms with E-state index in [9.17, 15) is 4.79 Å². The summed E-state index contributed by atoms with van der Waals surface area (Å²) in [5.74, 6) is 1.16. The first kappa shape index (κ1) is 14.7. The molecule has 4 rings (SSSR count). The first-order valence-electron chi connectivity index (χ1n) is 8.12.